The molecule has 0 atom stereocenters. The Kier molecular flexibility index (Phi) is 4.17. The number of imidazole rings is 1. The van der Waals surface area contributed by atoms with E-state index in [1.54, 1.807) is 6.20 Å². The molecule has 0 radical (unpaired) electrons. The molecular formula is C13H14N4O2S. The fraction of sp³-hybridized carbons (Fsp3) is 0.231. The van der Waals surface area contributed by atoms with Crippen molar-refractivity contribution in [3.05, 3.63) is 48.0 Å². The number of aromatic nitrogens is 2. The molecule has 2 aromatic rings. The average Bonchev–Trinajstić information content (AvgIpc) is 2.84. The molecule has 0 amide bonds. The third-order valence-corrected chi connectivity index (χ3v) is 4.33. The first-order valence-electron chi connectivity index (χ1n) is 5.99. The summed E-state index contributed by atoms with van der Waals surface area (Å²) in [6.07, 6.45) is 3.99. The lowest BCUT2D eigenvalue weighted by molar-refractivity contribution is 0.580. The number of aryl methyl sites for hydroxylation is 1. The minimum absolute atomic E-state index is 0.149. The zero-order valence-corrected chi connectivity index (χ0v) is 11.8. The zero-order chi connectivity index (χ0) is 14.6. The van der Waals surface area contributed by atoms with Crippen LogP contribution in [0.25, 0.3) is 0 Å². The molecule has 0 fully saturated rings. The van der Waals surface area contributed by atoms with Gasteiger partial charge in [-0.25, -0.2) is 18.1 Å². The van der Waals surface area contributed by atoms with Crippen molar-refractivity contribution in [3.63, 3.8) is 0 Å². The smallest absolute Gasteiger partial charge is 0.240 e. The number of nitrogens with zero attached hydrogens (tertiary/aromatic N) is 3. The van der Waals surface area contributed by atoms with Gasteiger partial charge in [-0.2, -0.15) is 5.26 Å². The fourth-order valence-corrected chi connectivity index (χ4v) is 2.76. The molecule has 1 N–H and O–H groups in total. The summed E-state index contributed by atoms with van der Waals surface area (Å²) in [6, 6.07) is 7.74. The van der Waals surface area contributed by atoms with Crippen LogP contribution in [0.4, 0.5) is 0 Å². The van der Waals surface area contributed by atoms with Crippen LogP contribution >= 0.6 is 0 Å². The number of hydrogen-bond acceptors (Lipinski definition) is 4. The highest BCUT2D eigenvalue weighted by atomic mass is 32.2. The zero-order valence-electron chi connectivity index (χ0n) is 10.9. The normalized spacial score (nSPS) is 11.2. The van der Waals surface area contributed by atoms with E-state index in [1.165, 1.54) is 24.3 Å². The number of rotatable bonds is 5. The maximum Gasteiger partial charge on any atom is 0.240 e. The van der Waals surface area contributed by atoms with Crippen molar-refractivity contribution in [1.82, 2.24) is 14.3 Å². The summed E-state index contributed by atoms with van der Waals surface area (Å²) in [4.78, 5) is 4.27. The second-order valence-corrected chi connectivity index (χ2v) is 6.01. The van der Waals surface area contributed by atoms with Crippen molar-refractivity contribution in [3.8, 4) is 6.07 Å². The lowest BCUT2D eigenvalue weighted by Gasteiger charge is -2.06. The van der Waals surface area contributed by atoms with E-state index in [0.717, 1.165) is 5.82 Å². The lowest BCUT2D eigenvalue weighted by Crippen LogP contribution is -2.26. The van der Waals surface area contributed by atoms with Crippen LogP contribution in [0.15, 0.2) is 41.6 Å². The molecule has 6 nitrogen and oxygen atoms in total. The minimum Gasteiger partial charge on any atom is -0.338 e. The maximum atomic E-state index is 12.0. The molecule has 1 heterocycles. The fourth-order valence-electron chi connectivity index (χ4n) is 1.73. The molecule has 0 aliphatic rings. The molecular weight excluding hydrogens is 276 g/mol. The van der Waals surface area contributed by atoms with Crippen LogP contribution in [0.5, 0.6) is 0 Å². The first kappa shape index (κ1) is 14.2. The van der Waals surface area contributed by atoms with E-state index >= 15 is 0 Å². The first-order chi connectivity index (χ1) is 9.53. The van der Waals surface area contributed by atoms with E-state index in [0.29, 0.717) is 12.0 Å². The molecule has 0 aliphatic carbocycles. The van der Waals surface area contributed by atoms with E-state index in [4.69, 9.17) is 5.26 Å². The summed E-state index contributed by atoms with van der Waals surface area (Å²) in [5, 5.41) is 8.68. The number of sulfonamides is 1. The van der Waals surface area contributed by atoms with Crippen LogP contribution in [0.2, 0.25) is 0 Å². The summed E-state index contributed by atoms with van der Waals surface area (Å²) >= 11 is 0. The Balaban J connectivity index is 2.00. The summed E-state index contributed by atoms with van der Waals surface area (Å²) in [5.74, 6) is 0.813. The molecule has 20 heavy (non-hydrogen) atoms. The van der Waals surface area contributed by atoms with Crippen LogP contribution in [-0.4, -0.2) is 24.5 Å². The maximum absolute atomic E-state index is 12.0. The molecule has 0 saturated carbocycles. The Labute approximate surface area is 117 Å². The standard InChI is InChI=1S/C13H14N4O2S/c1-17-9-8-15-13(17)6-7-16-20(18,19)12-4-2-11(10-14)3-5-12/h2-5,8-9,16H,6-7H2,1H3. The van der Waals surface area contributed by atoms with Crippen molar-refractivity contribution < 1.29 is 8.42 Å². The van der Waals surface area contributed by atoms with Crippen molar-refractivity contribution >= 4 is 10.0 Å². The van der Waals surface area contributed by atoms with Crippen molar-refractivity contribution in [2.45, 2.75) is 11.3 Å². The summed E-state index contributed by atoms with van der Waals surface area (Å²) in [5.41, 5.74) is 0.428. The van der Waals surface area contributed by atoms with Gasteiger partial charge < -0.3 is 4.57 Å². The van der Waals surface area contributed by atoms with Gasteiger partial charge in [0.25, 0.3) is 0 Å². The van der Waals surface area contributed by atoms with Gasteiger partial charge in [0.1, 0.15) is 5.82 Å². The van der Waals surface area contributed by atoms with E-state index in [2.05, 4.69) is 9.71 Å². The predicted octanol–water partition coefficient (Wildman–Crippen LogP) is 0.813. The third kappa shape index (κ3) is 3.23. The highest BCUT2D eigenvalue weighted by Gasteiger charge is 2.13. The van der Waals surface area contributed by atoms with Gasteiger partial charge in [0.15, 0.2) is 0 Å². The second kappa shape index (κ2) is 5.86. The van der Waals surface area contributed by atoms with Crippen LogP contribution in [0.3, 0.4) is 0 Å². The van der Waals surface area contributed by atoms with Gasteiger partial charge in [-0.1, -0.05) is 0 Å². The van der Waals surface area contributed by atoms with Gasteiger partial charge in [-0.05, 0) is 24.3 Å². The molecule has 1 aromatic carbocycles. The van der Waals surface area contributed by atoms with E-state index in [-0.39, 0.29) is 11.4 Å². The highest BCUT2D eigenvalue weighted by molar-refractivity contribution is 7.89. The van der Waals surface area contributed by atoms with Gasteiger partial charge in [0.05, 0.1) is 16.5 Å². The Hall–Kier alpha value is -2.17. The van der Waals surface area contributed by atoms with E-state index < -0.39 is 10.0 Å². The van der Waals surface area contributed by atoms with Crippen LogP contribution in [0, 0.1) is 11.3 Å². The molecule has 2 rings (SSSR count). The van der Waals surface area contributed by atoms with Crippen LogP contribution in [-0.2, 0) is 23.5 Å². The van der Waals surface area contributed by atoms with Crippen LogP contribution in [0.1, 0.15) is 11.4 Å². The third-order valence-electron chi connectivity index (χ3n) is 2.86. The quantitative estimate of drug-likeness (QED) is 0.882. The van der Waals surface area contributed by atoms with Crippen molar-refractivity contribution in [1.29, 1.82) is 5.26 Å². The SMILES string of the molecule is Cn1ccnc1CCNS(=O)(=O)c1ccc(C#N)cc1. The largest absolute Gasteiger partial charge is 0.338 e. The summed E-state index contributed by atoms with van der Waals surface area (Å²) in [7, 11) is -1.69. The minimum atomic E-state index is -3.55. The summed E-state index contributed by atoms with van der Waals surface area (Å²) in [6.45, 7) is 0.271. The molecule has 0 bridgehead atoms. The van der Waals surface area contributed by atoms with Crippen molar-refractivity contribution in [2.24, 2.45) is 7.05 Å². The molecule has 0 saturated heterocycles. The number of hydrogen-bond donors (Lipinski definition) is 1. The molecule has 104 valence electrons. The van der Waals surface area contributed by atoms with Gasteiger partial charge >= 0.3 is 0 Å². The summed E-state index contributed by atoms with van der Waals surface area (Å²) < 4.78 is 28.4. The highest BCUT2D eigenvalue weighted by Crippen LogP contribution is 2.09. The lowest BCUT2D eigenvalue weighted by atomic mass is 10.2. The van der Waals surface area contributed by atoms with Gasteiger partial charge in [0.2, 0.25) is 10.0 Å². The monoisotopic (exact) mass is 290 g/mol. The van der Waals surface area contributed by atoms with Crippen molar-refractivity contribution in [2.75, 3.05) is 6.54 Å². The second-order valence-electron chi connectivity index (χ2n) is 4.24. The number of benzene rings is 1. The van der Waals surface area contributed by atoms with E-state index in [1.807, 2.05) is 23.9 Å². The molecule has 1 aromatic heterocycles. The molecule has 7 heteroatoms. The Morgan fingerprint density at radius 1 is 1.35 bits per heavy atom. The first-order valence-corrected chi connectivity index (χ1v) is 7.47. The Bertz CT molecular complexity index is 726. The molecule has 0 spiro atoms. The van der Waals surface area contributed by atoms with E-state index in [9.17, 15) is 8.42 Å². The predicted molar refractivity (Wildman–Crippen MR) is 73.3 cm³/mol. The van der Waals surface area contributed by atoms with Gasteiger partial charge in [-0.15, -0.1) is 0 Å². The van der Waals surface area contributed by atoms with Gasteiger partial charge in [0, 0.05) is 32.4 Å². The Morgan fingerprint density at radius 3 is 2.60 bits per heavy atom. The molecule has 0 aliphatic heterocycles. The topological polar surface area (TPSA) is 87.8 Å². The average molecular weight is 290 g/mol. The molecule has 0 unspecified atom stereocenters. The van der Waals surface area contributed by atoms with Crippen LogP contribution < -0.4 is 4.72 Å². The van der Waals surface area contributed by atoms with Gasteiger partial charge in [-0.3, -0.25) is 0 Å². The number of nitriles is 1. The number of nitrogens with one attached hydrogen (secondary N) is 1. The Morgan fingerprint density at radius 2 is 2.05 bits per heavy atom.